The van der Waals surface area contributed by atoms with Crippen molar-refractivity contribution in [3.63, 3.8) is 0 Å². The molecule has 0 atom stereocenters. The van der Waals surface area contributed by atoms with E-state index >= 15 is 0 Å². The molecule has 0 saturated carbocycles. The van der Waals surface area contributed by atoms with Gasteiger partial charge in [-0.2, -0.15) is 0 Å². The zero-order valence-electron chi connectivity index (χ0n) is 12.0. The Kier molecular flexibility index (Phi) is 4.20. The number of nitrogens with one attached hydrogen (secondary N) is 2. The fraction of sp³-hybridized carbons (Fsp3) is 0.0556. The molecule has 0 unspecified atom stereocenters. The lowest BCUT2D eigenvalue weighted by Crippen LogP contribution is -2.23. The van der Waals surface area contributed by atoms with Gasteiger partial charge in [0.25, 0.3) is 5.91 Å². The summed E-state index contributed by atoms with van der Waals surface area (Å²) >= 11 is 0. The minimum Gasteiger partial charge on any atom is -0.467 e. The van der Waals surface area contributed by atoms with Crippen LogP contribution in [-0.4, -0.2) is 5.91 Å². The van der Waals surface area contributed by atoms with Crippen molar-refractivity contribution in [1.29, 1.82) is 0 Å². The van der Waals surface area contributed by atoms with Gasteiger partial charge in [-0.3, -0.25) is 4.79 Å². The number of carbonyl (C=O) groups excluding carboxylic acids is 1. The van der Waals surface area contributed by atoms with E-state index in [1.54, 1.807) is 18.4 Å². The van der Waals surface area contributed by atoms with E-state index in [-0.39, 0.29) is 5.91 Å². The first-order valence-electron chi connectivity index (χ1n) is 7.04. The van der Waals surface area contributed by atoms with Gasteiger partial charge >= 0.3 is 0 Å². The standard InChI is InChI=1S/C18H16N2O2/c21-18(19-13-15-9-6-12-22-15)16-10-4-5-11-17(16)20-14-7-2-1-3-8-14/h1-12,20H,13H2,(H,19,21). The highest BCUT2D eigenvalue weighted by Gasteiger charge is 2.11. The van der Waals surface area contributed by atoms with Gasteiger partial charge in [0.05, 0.1) is 24.1 Å². The van der Waals surface area contributed by atoms with Gasteiger partial charge in [0.15, 0.2) is 0 Å². The SMILES string of the molecule is O=C(NCc1ccco1)c1ccccc1Nc1ccccc1. The normalized spacial score (nSPS) is 10.2. The van der Waals surface area contributed by atoms with E-state index in [1.807, 2.05) is 54.6 Å². The summed E-state index contributed by atoms with van der Waals surface area (Å²) in [5, 5.41) is 6.12. The zero-order valence-corrected chi connectivity index (χ0v) is 12.0. The monoisotopic (exact) mass is 292 g/mol. The topological polar surface area (TPSA) is 54.3 Å². The highest BCUT2D eigenvalue weighted by atomic mass is 16.3. The molecule has 0 aliphatic rings. The predicted molar refractivity (Wildman–Crippen MR) is 86.0 cm³/mol. The Morgan fingerprint density at radius 1 is 0.909 bits per heavy atom. The third-order valence-corrected chi connectivity index (χ3v) is 3.23. The highest BCUT2D eigenvalue weighted by molar-refractivity contribution is 6.00. The molecule has 0 radical (unpaired) electrons. The van der Waals surface area contributed by atoms with Gasteiger partial charge in [0.2, 0.25) is 0 Å². The van der Waals surface area contributed by atoms with Gasteiger partial charge in [-0.1, -0.05) is 30.3 Å². The van der Waals surface area contributed by atoms with Crippen molar-refractivity contribution in [3.05, 3.63) is 84.3 Å². The molecule has 1 aromatic heterocycles. The summed E-state index contributed by atoms with van der Waals surface area (Å²) in [4.78, 5) is 12.4. The average Bonchev–Trinajstić information content (AvgIpc) is 3.08. The maximum atomic E-state index is 12.4. The van der Waals surface area contributed by atoms with E-state index in [1.165, 1.54) is 0 Å². The van der Waals surface area contributed by atoms with Crippen LogP contribution >= 0.6 is 0 Å². The van der Waals surface area contributed by atoms with Crippen LogP contribution in [0.15, 0.2) is 77.4 Å². The molecule has 0 aliphatic heterocycles. The van der Waals surface area contributed by atoms with E-state index in [4.69, 9.17) is 4.42 Å². The van der Waals surface area contributed by atoms with E-state index in [0.717, 1.165) is 17.1 Å². The maximum Gasteiger partial charge on any atom is 0.253 e. The molecule has 4 nitrogen and oxygen atoms in total. The molecular weight excluding hydrogens is 276 g/mol. The summed E-state index contributed by atoms with van der Waals surface area (Å²) in [6, 6.07) is 20.8. The number of para-hydroxylation sites is 2. The fourth-order valence-corrected chi connectivity index (χ4v) is 2.14. The Balaban J connectivity index is 1.74. The predicted octanol–water partition coefficient (Wildman–Crippen LogP) is 3.95. The Hall–Kier alpha value is -3.01. The van der Waals surface area contributed by atoms with Crippen molar-refractivity contribution in [3.8, 4) is 0 Å². The van der Waals surface area contributed by atoms with E-state index < -0.39 is 0 Å². The Morgan fingerprint density at radius 3 is 2.45 bits per heavy atom. The molecule has 0 bridgehead atoms. The number of rotatable bonds is 5. The number of amides is 1. The third-order valence-electron chi connectivity index (χ3n) is 3.23. The maximum absolute atomic E-state index is 12.4. The van der Waals surface area contributed by atoms with Crippen molar-refractivity contribution >= 4 is 17.3 Å². The first-order valence-corrected chi connectivity index (χ1v) is 7.04. The average molecular weight is 292 g/mol. The number of carbonyl (C=O) groups is 1. The van der Waals surface area contributed by atoms with Crippen molar-refractivity contribution in [2.45, 2.75) is 6.54 Å². The van der Waals surface area contributed by atoms with Crippen LogP contribution < -0.4 is 10.6 Å². The molecule has 0 spiro atoms. The van der Waals surface area contributed by atoms with Gasteiger partial charge in [-0.15, -0.1) is 0 Å². The van der Waals surface area contributed by atoms with Crippen LogP contribution in [0.4, 0.5) is 11.4 Å². The summed E-state index contributed by atoms with van der Waals surface area (Å²) < 4.78 is 5.22. The number of hydrogen-bond acceptors (Lipinski definition) is 3. The number of hydrogen-bond donors (Lipinski definition) is 2. The number of benzene rings is 2. The first kappa shape index (κ1) is 13.9. The number of anilines is 2. The summed E-state index contributed by atoms with van der Waals surface area (Å²) in [6.45, 7) is 0.367. The second-order valence-electron chi connectivity index (χ2n) is 4.80. The molecule has 2 aromatic carbocycles. The fourth-order valence-electron chi connectivity index (χ4n) is 2.14. The molecule has 3 rings (SSSR count). The molecular formula is C18H16N2O2. The molecule has 1 heterocycles. The van der Waals surface area contributed by atoms with E-state index in [0.29, 0.717) is 12.1 Å². The van der Waals surface area contributed by atoms with Gasteiger partial charge in [-0.05, 0) is 36.4 Å². The summed E-state index contributed by atoms with van der Waals surface area (Å²) in [5.74, 6) is 0.581. The van der Waals surface area contributed by atoms with Gasteiger partial charge in [0.1, 0.15) is 5.76 Å². The van der Waals surface area contributed by atoms with Gasteiger partial charge in [0, 0.05) is 5.69 Å². The summed E-state index contributed by atoms with van der Waals surface area (Å²) in [5.41, 5.74) is 2.30. The lowest BCUT2D eigenvalue weighted by atomic mass is 10.1. The van der Waals surface area contributed by atoms with Crippen molar-refractivity contribution in [2.24, 2.45) is 0 Å². The smallest absolute Gasteiger partial charge is 0.253 e. The van der Waals surface area contributed by atoms with E-state index in [9.17, 15) is 4.79 Å². The van der Waals surface area contributed by atoms with Crippen molar-refractivity contribution < 1.29 is 9.21 Å². The van der Waals surface area contributed by atoms with Crippen LogP contribution in [0.3, 0.4) is 0 Å². The minimum atomic E-state index is -0.143. The zero-order chi connectivity index (χ0) is 15.2. The van der Waals surface area contributed by atoms with Gasteiger partial charge < -0.3 is 15.1 Å². The van der Waals surface area contributed by atoms with Crippen LogP contribution in [0, 0.1) is 0 Å². The summed E-state index contributed by atoms with van der Waals surface area (Å²) in [6.07, 6.45) is 1.59. The number of furan rings is 1. The van der Waals surface area contributed by atoms with Crippen molar-refractivity contribution in [2.75, 3.05) is 5.32 Å². The quantitative estimate of drug-likeness (QED) is 0.748. The Labute approximate surface area is 128 Å². The molecule has 110 valence electrons. The lowest BCUT2D eigenvalue weighted by molar-refractivity contribution is 0.0949. The molecule has 22 heavy (non-hydrogen) atoms. The van der Waals surface area contributed by atoms with Crippen molar-refractivity contribution in [1.82, 2.24) is 5.32 Å². The second-order valence-corrected chi connectivity index (χ2v) is 4.80. The largest absolute Gasteiger partial charge is 0.467 e. The van der Waals surface area contributed by atoms with Crippen LogP contribution in [0.25, 0.3) is 0 Å². The molecule has 0 saturated heterocycles. The Morgan fingerprint density at radius 2 is 1.68 bits per heavy atom. The highest BCUT2D eigenvalue weighted by Crippen LogP contribution is 2.20. The molecule has 0 fully saturated rings. The van der Waals surface area contributed by atoms with Crippen LogP contribution in [0.1, 0.15) is 16.1 Å². The first-order chi connectivity index (χ1) is 10.8. The minimum absolute atomic E-state index is 0.143. The molecule has 1 amide bonds. The molecule has 4 heteroatoms. The lowest BCUT2D eigenvalue weighted by Gasteiger charge is -2.11. The Bertz CT molecular complexity index is 737. The third kappa shape index (κ3) is 3.35. The second kappa shape index (κ2) is 6.63. The van der Waals surface area contributed by atoms with Crippen LogP contribution in [0.5, 0.6) is 0 Å². The van der Waals surface area contributed by atoms with Crippen LogP contribution in [0.2, 0.25) is 0 Å². The van der Waals surface area contributed by atoms with Gasteiger partial charge in [-0.25, -0.2) is 0 Å². The molecule has 0 aliphatic carbocycles. The molecule has 3 aromatic rings. The van der Waals surface area contributed by atoms with E-state index in [2.05, 4.69) is 10.6 Å². The molecule has 2 N–H and O–H groups in total. The van der Waals surface area contributed by atoms with Crippen LogP contribution in [-0.2, 0) is 6.54 Å². The summed E-state index contributed by atoms with van der Waals surface area (Å²) in [7, 11) is 0.